The van der Waals surface area contributed by atoms with Gasteiger partial charge in [0.1, 0.15) is 5.75 Å². The third kappa shape index (κ3) is 7.78. The number of hydrogen-bond acceptors (Lipinski definition) is 5. The zero-order chi connectivity index (χ0) is 26.3. The van der Waals surface area contributed by atoms with Crippen LogP contribution in [0.1, 0.15) is 63.5 Å². The van der Waals surface area contributed by atoms with E-state index in [2.05, 4.69) is 40.6 Å². The van der Waals surface area contributed by atoms with E-state index in [0.717, 1.165) is 31.2 Å². The maximum absolute atomic E-state index is 12.5. The van der Waals surface area contributed by atoms with E-state index in [1.54, 1.807) is 33.1 Å². The summed E-state index contributed by atoms with van der Waals surface area (Å²) in [6.45, 7) is 6.38. The van der Waals surface area contributed by atoms with Crippen molar-refractivity contribution in [2.24, 2.45) is 11.8 Å². The highest BCUT2D eigenvalue weighted by atomic mass is 32.2. The van der Waals surface area contributed by atoms with Crippen molar-refractivity contribution < 1.29 is 21.6 Å². The molecule has 1 saturated carbocycles. The largest absolute Gasteiger partial charge is 0.497 e. The topological polar surface area (TPSA) is 102 Å². The van der Waals surface area contributed by atoms with E-state index >= 15 is 0 Å². The Labute approximate surface area is 217 Å². The molecule has 1 unspecified atom stereocenters. The number of ether oxygens (including phenoxy) is 1. The Balaban J connectivity index is 1.44. The molecule has 2 N–H and O–H groups in total. The number of nitrogens with one attached hydrogen (secondary N) is 2. The van der Waals surface area contributed by atoms with E-state index in [1.807, 2.05) is 0 Å². The van der Waals surface area contributed by atoms with Crippen LogP contribution < -0.4 is 14.2 Å². The van der Waals surface area contributed by atoms with E-state index in [0.29, 0.717) is 43.0 Å². The van der Waals surface area contributed by atoms with Gasteiger partial charge in [-0.3, -0.25) is 0 Å². The van der Waals surface area contributed by atoms with Crippen LogP contribution in [0.5, 0.6) is 5.75 Å². The summed E-state index contributed by atoms with van der Waals surface area (Å²) in [5.74, 6) is 1.99. The molecule has 0 heterocycles. The fourth-order valence-electron chi connectivity index (χ4n) is 4.73. The van der Waals surface area contributed by atoms with E-state index in [1.165, 1.54) is 17.7 Å². The second kappa shape index (κ2) is 12.5. The minimum Gasteiger partial charge on any atom is -0.497 e. The van der Waals surface area contributed by atoms with Gasteiger partial charge in [0.15, 0.2) is 0 Å². The van der Waals surface area contributed by atoms with Crippen LogP contribution in [0.2, 0.25) is 0 Å². The van der Waals surface area contributed by atoms with Crippen LogP contribution in [0.4, 0.5) is 0 Å². The third-order valence-electron chi connectivity index (χ3n) is 7.33. The molecular weight excluding hydrogens is 496 g/mol. The summed E-state index contributed by atoms with van der Waals surface area (Å²) in [6.07, 6.45) is 5.03. The first kappa shape index (κ1) is 28.6. The minimum atomic E-state index is -3.55. The summed E-state index contributed by atoms with van der Waals surface area (Å²) >= 11 is 0. The quantitative estimate of drug-likeness (QED) is 0.417. The van der Waals surface area contributed by atoms with Gasteiger partial charge < -0.3 is 4.74 Å². The molecule has 0 radical (unpaired) electrons. The normalized spacial score (nSPS) is 19.8. The van der Waals surface area contributed by atoms with Crippen molar-refractivity contribution in [3.8, 4) is 5.75 Å². The van der Waals surface area contributed by atoms with Crippen molar-refractivity contribution in [3.05, 3.63) is 59.7 Å². The Morgan fingerprint density at radius 2 is 1.47 bits per heavy atom. The van der Waals surface area contributed by atoms with E-state index in [9.17, 15) is 16.8 Å². The van der Waals surface area contributed by atoms with Crippen molar-refractivity contribution in [2.45, 2.75) is 68.9 Å². The van der Waals surface area contributed by atoms with Crippen LogP contribution >= 0.6 is 0 Å². The molecule has 0 saturated heterocycles. The summed E-state index contributed by atoms with van der Waals surface area (Å²) in [4.78, 5) is 0.223. The number of methoxy groups -OCH3 is 1. The van der Waals surface area contributed by atoms with Crippen molar-refractivity contribution in [1.82, 2.24) is 9.44 Å². The molecule has 36 heavy (non-hydrogen) atoms. The van der Waals surface area contributed by atoms with Gasteiger partial charge in [0.05, 0.1) is 17.3 Å². The lowest BCUT2D eigenvalue weighted by atomic mass is 9.74. The van der Waals surface area contributed by atoms with Crippen molar-refractivity contribution in [2.75, 3.05) is 20.2 Å². The molecule has 0 aromatic heterocycles. The Morgan fingerprint density at radius 3 is 2.03 bits per heavy atom. The van der Waals surface area contributed by atoms with Crippen molar-refractivity contribution in [1.29, 1.82) is 0 Å². The first-order valence-electron chi connectivity index (χ1n) is 12.7. The number of benzene rings is 2. The zero-order valence-corrected chi connectivity index (χ0v) is 23.4. The number of hydrogen-bond donors (Lipinski definition) is 2. The fraction of sp³-hybridized carbons (Fsp3) is 0.556. The van der Waals surface area contributed by atoms with Crippen LogP contribution in [0.25, 0.3) is 0 Å². The predicted octanol–water partition coefficient (Wildman–Crippen LogP) is 4.45. The van der Waals surface area contributed by atoms with Gasteiger partial charge in [0.2, 0.25) is 20.0 Å². The Bertz CT molecular complexity index is 1170. The van der Waals surface area contributed by atoms with Gasteiger partial charge in [0.25, 0.3) is 0 Å². The lowest BCUT2D eigenvalue weighted by molar-refractivity contribution is 0.246. The molecule has 9 heteroatoms. The Morgan fingerprint density at radius 1 is 0.861 bits per heavy atom. The van der Waals surface area contributed by atoms with E-state index in [-0.39, 0.29) is 4.90 Å². The van der Waals surface area contributed by atoms with Gasteiger partial charge in [-0.2, -0.15) is 0 Å². The molecule has 0 amide bonds. The summed E-state index contributed by atoms with van der Waals surface area (Å²) in [6, 6.07) is 14.9. The molecule has 200 valence electrons. The van der Waals surface area contributed by atoms with Gasteiger partial charge in [0, 0.05) is 13.1 Å². The second-order valence-corrected chi connectivity index (χ2v) is 14.2. The van der Waals surface area contributed by atoms with Crippen LogP contribution in [0.15, 0.2) is 53.4 Å². The number of rotatable bonds is 12. The highest BCUT2D eigenvalue weighted by Crippen LogP contribution is 2.38. The lowest BCUT2D eigenvalue weighted by Gasteiger charge is -2.32. The molecule has 1 aliphatic rings. The molecule has 0 aliphatic heterocycles. The molecule has 7 nitrogen and oxygen atoms in total. The second-order valence-electron chi connectivity index (χ2n) is 10.1. The standard InChI is InChI=1S/C27H40N2O5S2/c1-20(2)35(30,31)29-19-21(3)23-9-11-25(12-10-23)24-7-5-22(6-8-24)17-18-28-36(32,33)27-15-13-26(34-4)14-16-27/h5-8,13-16,20-21,23,25,28-29H,9-12,17-19H2,1-4H3. The third-order valence-corrected chi connectivity index (χ3v) is 10.6. The zero-order valence-electron chi connectivity index (χ0n) is 21.7. The Hall–Kier alpha value is -1.94. The van der Waals surface area contributed by atoms with Crippen LogP contribution in [-0.4, -0.2) is 42.3 Å². The highest BCUT2D eigenvalue weighted by molar-refractivity contribution is 7.90. The molecule has 0 spiro atoms. The first-order chi connectivity index (χ1) is 17.0. The lowest BCUT2D eigenvalue weighted by Crippen LogP contribution is -2.36. The molecule has 2 aromatic rings. The highest BCUT2D eigenvalue weighted by Gasteiger charge is 2.27. The summed E-state index contributed by atoms with van der Waals surface area (Å²) in [5.41, 5.74) is 2.42. The predicted molar refractivity (Wildman–Crippen MR) is 144 cm³/mol. The van der Waals surface area contributed by atoms with Crippen LogP contribution in [0.3, 0.4) is 0 Å². The SMILES string of the molecule is COc1ccc(S(=O)(=O)NCCc2ccc(C3CCC(C(C)CNS(=O)(=O)C(C)C)CC3)cc2)cc1. The van der Waals surface area contributed by atoms with Gasteiger partial charge in [-0.25, -0.2) is 26.3 Å². The van der Waals surface area contributed by atoms with Gasteiger partial charge >= 0.3 is 0 Å². The summed E-state index contributed by atoms with van der Waals surface area (Å²) < 4.78 is 59.6. The first-order valence-corrected chi connectivity index (χ1v) is 15.8. The fourth-order valence-corrected chi connectivity index (χ4v) is 6.59. The number of sulfonamides is 2. The van der Waals surface area contributed by atoms with Gasteiger partial charge in [-0.05, 0) is 99.1 Å². The Kier molecular flexibility index (Phi) is 9.97. The maximum Gasteiger partial charge on any atom is 0.240 e. The van der Waals surface area contributed by atoms with Crippen molar-refractivity contribution >= 4 is 20.0 Å². The monoisotopic (exact) mass is 536 g/mol. The summed E-state index contributed by atoms with van der Waals surface area (Å²) in [5, 5.41) is -0.405. The molecule has 1 aliphatic carbocycles. The molecule has 2 aromatic carbocycles. The van der Waals surface area contributed by atoms with E-state index in [4.69, 9.17) is 4.74 Å². The van der Waals surface area contributed by atoms with Gasteiger partial charge in [-0.1, -0.05) is 31.2 Å². The molecule has 1 fully saturated rings. The van der Waals surface area contributed by atoms with Crippen molar-refractivity contribution in [3.63, 3.8) is 0 Å². The maximum atomic E-state index is 12.5. The van der Waals surface area contributed by atoms with Gasteiger partial charge in [-0.15, -0.1) is 0 Å². The molecule has 1 atom stereocenters. The average Bonchev–Trinajstić information content (AvgIpc) is 2.87. The van der Waals surface area contributed by atoms with Crippen LogP contribution in [-0.2, 0) is 26.5 Å². The molecule has 3 rings (SSSR count). The average molecular weight is 537 g/mol. The summed E-state index contributed by atoms with van der Waals surface area (Å²) in [7, 11) is -5.22. The van der Waals surface area contributed by atoms with Crippen LogP contribution in [0, 0.1) is 11.8 Å². The molecular formula is C27H40N2O5S2. The molecule has 0 bridgehead atoms. The smallest absolute Gasteiger partial charge is 0.240 e. The van der Waals surface area contributed by atoms with E-state index < -0.39 is 25.3 Å². The minimum absolute atomic E-state index is 0.223.